The highest BCUT2D eigenvalue weighted by atomic mass is 35.5. The van der Waals surface area contributed by atoms with Crippen molar-refractivity contribution in [2.45, 2.75) is 13.5 Å². The summed E-state index contributed by atoms with van der Waals surface area (Å²) in [7, 11) is 0. The Bertz CT molecular complexity index is 1460. The van der Waals surface area contributed by atoms with Gasteiger partial charge < -0.3 is 9.09 Å². The number of rotatable bonds is 5. The molecule has 2 aromatic carbocycles. The Balaban J connectivity index is 1.58. The quantitative estimate of drug-likeness (QED) is 0.325. The molecule has 3 aromatic heterocycles. The molecule has 0 amide bonds. The molecule has 0 saturated carbocycles. The van der Waals surface area contributed by atoms with Gasteiger partial charge in [-0.3, -0.25) is 4.79 Å². The normalized spacial score (nSPS) is 11.2. The molecule has 0 bridgehead atoms. The van der Waals surface area contributed by atoms with Crippen molar-refractivity contribution in [2.24, 2.45) is 0 Å². The van der Waals surface area contributed by atoms with Gasteiger partial charge in [0.15, 0.2) is 0 Å². The van der Waals surface area contributed by atoms with E-state index in [1.165, 1.54) is 12.4 Å². The molecular formula is C23H15Cl2N5O2. The Morgan fingerprint density at radius 1 is 1.09 bits per heavy atom. The third kappa shape index (κ3) is 3.55. The summed E-state index contributed by atoms with van der Waals surface area (Å²) in [5.74, 6) is -0.162. The van der Waals surface area contributed by atoms with Gasteiger partial charge in [0.05, 0.1) is 18.0 Å². The van der Waals surface area contributed by atoms with E-state index >= 15 is 0 Å². The van der Waals surface area contributed by atoms with Gasteiger partial charge in [0.25, 0.3) is 11.7 Å². The number of fused-ring (bicyclic) bond motifs is 1. The Morgan fingerprint density at radius 3 is 2.72 bits per heavy atom. The minimum absolute atomic E-state index is 0.0904. The monoisotopic (exact) mass is 463 g/mol. The summed E-state index contributed by atoms with van der Waals surface area (Å²) in [6.07, 6.45) is 3.03. The first-order valence-corrected chi connectivity index (χ1v) is 10.5. The van der Waals surface area contributed by atoms with Gasteiger partial charge in [0.2, 0.25) is 5.82 Å². The fraction of sp³-hybridized carbons (Fsp3) is 0.0870. The van der Waals surface area contributed by atoms with Gasteiger partial charge >= 0.3 is 0 Å². The first kappa shape index (κ1) is 20.4. The van der Waals surface area contributed by atoms with Gasteiger partial charge in [-0.2, -0.15) is 15.2 Å². The highest BCUT2D eigenvalue weighted by molar-refractivity contribution is 6.35. The summed E-state index contributed by atoms with van der Waals surface area (Å²) in [5.41, 5.74) is 3.68. The summed E-state index contributed by atoms with van der Waals surface area (Å²) in [6, 6.07) is 14.8. The van der Waals surface area contributed by atoms with Gasteiger partial charge in [0.1, 0.15) is 0 Å². The van der Waals surface area contributed by atoms with Crippen LogP contribution in [0.5, 0.6) is 0 Å². The predicted octanol–water partition coefficient (Wildman–Crippen LogP) is 5.38. The van der Waals surface area contributed by atoms with E-state index in [9.17, 15) is 4.79 Å². The maximum Gasteiger partial charge on any atom is 0.299 e. The van der Waals surface area contributed by atoms with E-state index in [0.717, 1.165) is 22.2 Å². The van der Waals surface area contributed by atoms with Crippen LogP contribution in [0.15, 0.2) is 65.4 Å². The average Bonchev–Trinajstić information content (AvgIpc) is 3.40. The standard InChI is InChI=1S/C23H15Cl2N5O2/c1-13-20(21(31)23-28-22(29-32-23)14-8-9-26-27-11-14)17-4-2-3-5-19(17)30(13)12-15-6-7-16(24)10-18(15)25/h2-11H,12H2,1H3. The van der Waals surface area contributed by atoms with Crippen LogP contribution < -0.4 is 0 Å². The van der Waals surface area contributed by atoms with Crippen molar-refractivity contribution in [1.82, 2.24) is 24.9 Å². The van der Waals surface area contributed by atoms with Crippen molar-refractivity contribution in [3.05, 3.63) is 93.7 Å². The summed E-state index contributed by atoms with van der Waals surface area (Å²) >= 11 is 12.4. The van der Waals surface area contributed by atoms with Crippen LogP contribution in [0.3, 0.4) is 0 Å². The molecule has 0 saturated heterocycles. The van der Waals surface area contributed by atoms with Gasteiger partial charge in [-0.15, -0.1) is 0 Å². The van der Waals surface area contributed by atoms with Crippen molar-refractivity contribution < 1.29 is 9.32 Å². The molecule has 0 aliphatic carbocycles. The minimum atomic E-state index is -0.347. The summed E-state index contributed by atoms with van der Waals surface area (Å²) in [6.45, 7) is 2.37. The molecule has 0 N–H and O–H groups in total. The Labute approximate surface area is 192 Å². The number of benzene rings is 2. The van der Waals surface area contributed by atoms with Gasteiger partial charge in [-0.25, -0.2) is 0 Å². The van der Waals surface area contributed by atoms with Crippen LogP contribution in [0, 0.1) is 6.92 Å². The average molecular weight is 464 g/mol. The SMILES string of the molecule is Cc1c(C(=O)c2nc(-c3ccnnc3)no2)c2ccccc2n1Cc1ccc(Cl)cc1Cl. The molecule has 7 nitrogen and oxygen atoms in total. The summed E-state index contributed by atoms with van der Waals surface area (Å²) in [4.78, 5) is 17.7. The topological polar surface area (TPSA) is 86.7 Å². The number of nitrogens with zero attached hydrogens (tertiary/aromatic N) is 5. The maximum atomic E-state index is 13.4. The number of hydrogen-bond donors (Lipinski definition) is 0. The molecule has 9 heteroatoms. The van der Waals surface area contributed by atoms with E-state index < -0.39 is 0 Å². The Hall–Kier alpha value is -3.55. The lowest BCUT2D eigenvalue weighted by atomic mass is 10.1. The van der Waals surface area contributed by atoms with Gasteiger partial charge in [-0.05, 0) is 36.8 Å². The number of para-hydroxylation sites is 1. The lowest BCUT2D eigenvalue weighted by Crippen LogP contribution is -2.07. The third-order valence-corrected chi connectivity index (χ3v) is 5.85. The van der Waals surface area contributed by atoms with Crippen LogP contribution in [0.25, 0.3) is 22.3 Å². The van der Waals surface area contributed by atoms with Crippen molar-refractivity contribution in [3.63, 3.8) is 0 Å². The molecule has 158 valence electrons. The zero-order chi connectivity index (χ0) is 22.2. The van der Waals surface area contributed by atoms with Crippen LogP contribution in [-0.2, 0) is 6.54 Å². The van der Waals surface area contributed by atoms with E-state index in [-0.39, 0.29) is 17.5 Å². The second-order valence-corrected chi connectivity index (χ2v) is 8.03. The number of ketones is 1. The van der Waals surface area contributed by atoms with Crippen molar-refractivity contribution in [1.29, 1.82) is 0 Å². The maximum absolute atomic E-state index is 13.4. The molecule has 5 aromatic rings. The first-order valence-electron chi connectivity index (χ1n) is 9.70. The number of aromatic nitrogens is 5. The molecule has 0 atom stereocenters. The van der Waals surface area contributed by atoms with Crippen molar-refractivity contribution >= 4 is 39.9 Å². The Kier molecular flexibility index (Phi) is 5.20. The number of halogens is 2. The largest absolute Gasteiger partial charge is 0.340 e. The van der Waals surface area contributed by atoms with Gasteiger partial charge in [-0.1, -0.05) is 52.6 Å². The summed E-state index contributed by atoms with van der Waals surface area (Å²) < 4.78 is 7.34. The van der Waals surface area contributed by atoms with Crippen LogP contribution in [0.4, 0.5) is 0 Å². The molecule has 0 spiro atoms. The number of carbonyl (C=O) groups is 1. The lowest BCUT2D eigenvalue weighted by molar-refractivity contribution is 0.0994. The van der Waals surface area contributed by atoms with Crippen LogP contribution >= 0.6 is 23.2 Å². The molecule has 32 heavy (non-hydrogen) atoms. The van der Waals surface area contributed by atoms with Crippen LogP contribution in [0.1, 0.15) is 27.5 Å². The summed E-state index contributed by atoms with van der Waals surface area (Å²) in [5, 5.41) is 13.4. The van der Waals surface area contributed by atoms with Crippen LogP contribution in [0.2, 0.25) is 10.0 Å². The van der Waals surface area contributed by atoms with E-state index in [4.69, 9.17) is 27.7 Å². The van der Waals surface area contributed by atoms with E-state index in [0.29, 0.717) is 27.7 Å². The fourth-order valence-electron chi connectivity index (χ4n) is 3.70. The zero-order valence-electron chi connectivity index (χ0n) is 16.8. The second-order valence-electron chi connectivity index (χ2n) is 7.18. The molecule has 0 fully saturated rings. The van der Waals surface area contributed by atoms with Crippen LogP contribution in [-0.4, -0.2) is 30.7 Å². The van der Waals surface area contributed by atoms with Crippen molar-refractivity contribution in [2.75, 3.05) is 0 Å². The third-order valence-electron chi connectivity index (χ3n) is 5.26. The lowest BCUT2D eigenvalue weighted by Gasteiger charge is -2.10. The predicted molar refractivity (Wildman–Crippen MR) is 121 cm³/mol. The first-order chi connectivity index (χ1) is 15.5. The Morgan fingerprint density at radius 2 is 1.94 bits per heavy atom. The molecular weight excluding hydrogens is 449 g/mol. The molecule has 0 unspecified atom stereocenters. The smallest absolute Gasteiger partial charge is 0.299 e. The van der Waals surface area contributed by atoms with Crippen molar-refractivity contribution in [3.8, 4) is 11.4 Å². The molecule has 3 heterocycles. The molecule has 0 aliphatic heterocycles. The zero-order valence-corrected chi connectivity index (χ0v) is 18.3. The van der Waals surface area contributed by atoms with E-state index in [1.807, 2.05) is 41.8 Å². The highest BCUT2D eigenvalue weighted by Gasteiger charge is 2.26. The molecule has 0 aliphatic rings. The van der Waals surface area contributed by atoms with Gasteiger partial charge in [0, 0.05) is 38.8 Å². The highest BCUT2D eigenvalue weighted by Crippen LogP contribution is 2.30. The second kappa shape index (κ2) is 8.18. The minimum Gasteiger partial charge on any atom is -0.340 e. The number of hydrogen-bond acceptors (Lipinski definition) is 6. The number of carbonyl (C=O) groups excluding carboxylic acids is 1. The molecule has 0 radical (unpaired) electrons. The van der Waals surface area contributed by atoms with E-state index in [1.54, 1.807) is 18.2 Å². The molecule has 5 rings (SSSR count). The fourth-order valence-corrected chi connectivity index (χ4v) is 4.17. The van der Waals surface area contributed by atoms with E-state index in [2.05, 4.69) is 20.3 Å².